The predicted octanol–water partition coefficient (Wildman–Crippen LogP) is 2.65. The molecule has 2 N–H and O–H groups in total. The van der Waals surface area contributed by atoms with Crippen molar-refractivity contribution in [1.29, 1.82) is 0 Å². The smallest absolute Gasteiger partial charge is 0.267 e. The van der Waals surface area contributed by atoms with E-state index in [-0.39, 0.29) is 29.9 Å². The minimum atomic E-state index is -1.09. The number of piperidine rings is 1. The number of nitrogens with one attached hydrogen (secondary N) is 2. The second kappa shape index (κ2) is 9.73. The molecular weight excluding hydrogens is 530 g/mol. The highest BCUT2D eigenvalue weighted by Gasteiger charge is 2.45. The molecule has 3 aliphatic rings. The summed E-state index contributed by atoms with van der Waals surface area (Å²) < 4.78 is 11.1. The van der Waals surface area contributed by atoms with Crippen molar-refractivity contribution in [3.05, 3.63) is 59.8 Å². The summed E-state index contributed by atoms with van der Waals surface area (Å²) in [5.74, 6) is -1.68. The fourth-order valence-corrected chi connectivity index (χ4v) is 5.32. The molecule has 0 radical (unpaired) electrons. The summed E-state index contributed by atoms with van der Waals surface area (Å²) in [4.78, 5) is 70.5. The van der Waals surface area contributed by atoms with Crippen molar-refractivity contribution in [2.75, 3.05) is 24.4 Å². The molecule has 3 aliphatic heterocycles. The highest BCUT2D eigenvalue weighted by atomic mass is 16.5. The third kappa shape index (κ3) is 4.24. The molecule has 0 aliphatic carbocycles. The molecule has 1 fully saturated rings. The molecule has 1 aromatic heterocycles. The van der Waals surface area contributed by atoms with Crippen molar-refractivity contribution in [3.8, 4) is 22.8 Å². The van der Waals surface area contributed by atoms with Crippen LogP contribution in [0.25, 0.3) is 11.1 Å². The van der Waals surface area contributed by atoms with E-state index in [0.29, 0.717) is 39.8 Å². The number of pyridine rings is 1. The van der Waals surface area contributed by atoms with Gasteiger partial charge in [0.15, 0.2) is 6.10 Å². The Kier molecular flexibility index (Phi) is 6.17. The number of aromatic nitrogens is 1. The van der Waals surface area contributed by atoms with Crippen molar-refractivity contribution < 1.29 is 33.4 Å². The van der Waals surface area contributed by atoms with E-state index in [2.05, 4.69) is 15.6 Å². The van der Waals surface area contributed by atoms with Gasteiger partial charge < -0.3 is 19.7 Å². The largest absolute Gasteiger partial charge is 0.481 e. The summed E-state index contributed by atoms with van der Waals surface area (Å²) in [6, 6.07) is 10.8. The lowest BCUT2D eigenvalue weighted by Crippen LogP contribution is -2.54. The normalized spacial score (nSPS) is 19.9. The van der Waals surface area contributed by atoms with Crippen molar-refractivity contribution in [2.24, 2.45) is 0 Å². The molecule has 3 aromatic rings. The first-order chi connectivity index (χ1) is 19.7. The van der Waals surface area contributed by atoms with Gasteiger partial charge in [0.25, 0.3) is 17.7 Å². The number of rotatable bonds is 5. The second-order valence-corrected chi connectivity index (χ2v) is 9.91. The van der Waals surface area contributed by atoms with Crippen LogP contribution in [0.1, 0.15) is 40.5 Å². The van der Waals surface area contributed by atoms with Gasteiger partial charge in [-0.15, -0.1) is 0 Å². The maximum atomic E-state index is 13.6. The van der Waals surface area contributed by atoms with Crippen molar-refractivity contribution >= 4 is 46.6 Å². The van der Waals surface area contributed by atoms with Gasteiger partial charge in [0.05, 0.1) is 29.6 Å². The molecule has 1 saturated heterocycles. The fraction of sp³-hybridized carbons (Fsp3) is 0.241. The van der Waals surface area contributed by atoms with Gasteiger partial charge in [-0.3, -0.25) is 34.2 Å². The molecule has 6 rings (SSSR count). The van der Waals surface area contributed by atoms with E-state index in [9.17, 15) is 24.0 Å². The summed E-state index contributed by atoms with van der Waals surface area (Å²) >= 11 is 0. The zero-order valence-corrected chi connectivity index (χ0v) is 22.4. The van der Waals surface area contributed by atoms with Crippen LogP contribution in [-0.2, 0) is 14.4 Å². The number of benzene rings is 2. The third-order valence-corrected chi connectivity index (χ3v) is 7.44. The van der Waals surface area contributed by atoms with E-state index in [1.807, 2.05) is 6.07 Å². The molecule has 12 nitrogen and oxygen atoms in total. The number of imide groups is 2. The molecule has 0 spiro atoms. The van der Waals surface area contributed by atoms with Crippen LogP contribution in [0.4, 0.5) is 17.1 Å². The minimum absolute atomic E-state index is 0.0240. The lowest BCUT2D eigenvalue weighted by Gasteiger charge is -2.31. The second-order valence-electron chi connectivity index (χ2n) is 9.91. The number of likely N-dealkylation sites (N-methyl/N-ethyl adjacent to an activating group) is 1. The van der Waals surface area contributed by atoms with E-state index in [1.165, 1.54) is 18.1 Å². The number of nitrogens with zero attached hydrogens (tertiary/aromatic N) is 3. The maximum Gasteiger partial charge on any atom is 0.267 e. The lowest BCUT2D eigenvalue weighted by atomic mass is 10.0. The van der Waals surface area contributed by atoms with Gasteiger partial charge in [-0.25, -0.2) is 4.98 Å². The van der Waals surface area contributed by atoms with Gasteiger partial charge in [-0.2, -0.15) is 0 Å². The lowest BCUT2D eigenvalue weighted by molar-refractivity contribution is -0.136. The van der Waals surface area contributed by atoms with Crippen molar-refractivity contribution in [2.45, 2.75) is 31.9 Å². The van der Waals surface area contributed by atoms with Crippen LogP contribution in [0.5, 0.6) is 11.6 Å². The van der Waals surface area contributed by atoms with Crippen LogP contribution < -0.4 is 25.0 Å². The molecule has 12 heteroatoms. The van der Waals surface area contributed by atoms with Crippen LogP contribution in [0.3, 0.4) is 0 Å². The molecule has 2 aromatic carbocycles. The Balaban J connectivity index is 1.43. The van der Waals surface area contributed by atoms with Gasteiger partial charge in [0.2, 0.25) is 17.7 Å². The number of hydrogen-bond acceptors (Lipinski definition) is 9. The van der Waals surface area contributed by atoms with Crippen molar-refractivity contribution in [1.82, 2.24) is 15.2 Å². The highest BCUT2D eigenvalue weighted by Crippen LogP contribution is 2.44. The molecule has 0 unspecified atom stereocenters. The van der Waals surface area contributed by atoms with E-state index < -0.39 is 35.8 Å². The fourth-order valence-electron chi connectivity index (χ4n) is 5.32. The van der Waals surface area contributed by atoms with Gasteiger partial charge in [-0.05, 0) is 43.7 Å². The predicted molar refractivity (Wildman–Crippen MR) is 146 cm³/mol. The molecule has 41 heavy (non-hydrogen) atoms. The van der Waals surface area contributed by atoms with E-state index in [1.54, 1.807) is 50.5 Å². The summed E-state index contributed by atoms with van der Waals surface area (Å²) in [7, 11) is 3.17. The number of carbonyl (C=O) groups excluding carboxylic acids is 5. The van der Waals surface area contributed by atoms with E-state index >= 15 is 0 Å². The van der Waals surface area contributed by atoms with Crippen molar-refractivity contribution in [3.63, 3.8) is 0 Å². The first kappa shape index (κ1) is 26.0. The summed E-state index contributed by atoms with van der Waals surface area (Å²) in [5, 5.41) is 5.49. The van der Waals surface area contributed by atoms with Gasteiger partial charge in [0, 0.05) is 42.5 Å². The van der Waals surface area contributed by atoms with Gasteiger partial charge in [0.1, 0.15) is 11.8 Å². The summed E-state index contributed by atoms with van der Waals surface area (Å²) in [6.07, 6.45) is 1.03. The van der Waals surface area contributed by atoms with E-state index in [0.717, 1.165) is 4.90 Å². The van der Waals surface area contributed by atoms with Crippen LogP contribution in [0, 0.1) is 0 Å². The standard InChI is InChI=1S/C29H25N5O7/c1-14-27(37)33(2)21-12-19(17(11-22(21)41-14)15-7-10-24(40-3)30-13-15)31-18-6-4-5-16-25(18)29(39)34(28(16)38)20-8-9-23(35)32-26(20)36/h4-7,10-14,20,31H,8-9H2,1-3H3,(H,32,35,36)/t14-,20+/m1/s1. The Bertz CT molecular complexity index is 1650. The number of amides is 5. The van der Waals surface area contributed by atoms with Gasteiger partial charge >= 0.3 is 0 Å². The van der Waals surface area contributed by atoms with Crippen LogP contribution in [0.15, 0.2) is 48.7 Å². The number of fused-ring (bicyclic) bond motifs is 2. The first-order valence-electron chi connectivity index (χ1n) is 12.9. The average Bonchev–Trinajstić information content (AvgIpc) is 3.22. The first-order valence-corrected chi connectivity index (χ1v) is 12.9. The SMILES string of the molecule is COc1ccc(-c2cc3c(cc2Nc2cccc4c2C(=O)N([C@H]2CCC(=O)NC2=O)C4=O)N(C)C(=O)[C@@H](C)O3)cn1. The number of methoxy groups -OCH3 is 1. The molecule has 4 heterocycles. The average molecular weight is 556 g/mol. The quantitative estimate of drug-likeness (QED) is 0.454. The molecular formula is C29H25N5O7. The van der Waals surface area contributed by atoms with Crippen LogP contribution in [-0.4, -0.2) is 65.7 Å². The van der Waals surface area contributed by atoms with Crippen LogP contribution >= 0.6 is 0 Å². The Morgan fingerprint density at radius 3 is 2.54 bits per heavy atom. The topological polar surface area (TPSA) is 147 Å². The molecule has 5 amide bonds. The zero-order chi connectivity index (χ0) is 29.0. The number of ether oxygens (including phenoxy) is 2. The molecule has 208 valence electrons. The molecule has 0 saturated carbocycles. The third-order valence-electron chi connectivity index (χ3n) is 7.44. The number of carbonyl (C=O) groups is 5. The monoisotopic (exact) mass is 555 g/mol. The minimum Gasteiger partial charge on any atom is -0.481 e. The maximum absolute atomic E-state index is 13.6. The Labute approximate surface area is 234 Å². The van der Waals surface area contributed by atoms with Crippen LogP contribution in [0.2, 0.25) is 0 Å². The zero-order valence-electron chi connectivity index (χ0n) is 22.4. The summed E-state index contributed by atoms with van der Waals surface area (Å²) in [5.41, 5.74) is 2.96. The Hall–Kier alpha value is -5.26. The highest BCUT2D eigenvalue weighted by molar-refractivity contribution is 6.25. The summed E-state index contributed by atoms with van der Waals surface area (Å²) in [6.45, 7) is 1.67. The Morgan fingerprint density at radius 2 is 1.83 bits per heavy atom. The molecule has 2 atom stereocenters. The number of hydrogen-bond donors (Lipinski definition) is 2. The van der Waals surface area contributed by atoms with Gasteiger partial charge in [-0.1, -0.05) is 6.07 Å². The Morgan fingerprint density at radius 1 is 1.02 bits per heavy atom. The molecule has 0 bridgehead atoms. The van der Waals surface area contributed by atoms with E-state index in [4.69, 9.17) is 9.47 Å². The number of anilines is 3.